The number of rotatable bonds is 3. The molecular formula is C35H52N4O9S3. The molecule has 4 saturated heterocycles. The van der Waals surface area contributed by atoms with Gasteiger partial charge in [0.05, 0.1) is 14.7 Å². The van der Waals surface area contributed by atoms with Crippen LogP contribution in [-0.2, 0) is 30.4 Å². The van der Waals surface area contributed by atoms with Gasteiger partial charge in [-0.3, -0.25) is 13.7 Å². The molecule has 4 aliphatic heterocycles. The van der Waals surface area contributed by atoms with Crippen molar-refractivity contribution >= 4 is 30.4 Å². The van der Waals surface area contributed by atoms with Gasteiger partial charge in [-0.2, -0.15) is 25.3 Å². The van der Waals surface area contributed by atoms with Gasteiger partial charge in [0.25, 0.3) is 30.4 Å². The van der Waals surface area contributed by atoms with Crippen LogP contribution >= 0.6 is 0 Å². The molecule has 5 N–H and O–H groups in total. The lowest BCUT2D eigenvalue weighted by molar-refractivity contribution is 0.103. The average molecular weight is 769 g/mol. The lowest BCUT2D eigenvalue weighted by Crippen LogP contribution is -2.61. The Balaban J connectivity index is 0.000000172. The number of hydrogen-bond acceptors (Lipinski definition) is 10. The number of benzene rings is 3. The van der Waals surface area contributed by atoms with Crippen molar-refractivity contribution in [2.75, 3.05) is 53.4 Å². The van der Waals surface area contributed by atoms with E-state index < -0.39 is 30.4 Å². The Hall–Kier alpha value is -2.77. The van der Waals surface area contributed by atoms with Gasteiger partial charge in [0.15, 0.2) is 0 Å². The summed E-state index contributed by atoms with van der Waals surface area (Å²) in [4.78, 5) is 4.62. The smallest absolute Gasteiger partial charge is 0.294 e. The van der Waals surface area contributed by atoms with Gasteiger partial charge in [-0.1, -0.05) is 53.1 Å². The van der Waals surface area contributed by atoms with Crippen molar-refractivity contribution in [3.8, 4) is 0 Å². The second-order valence-electron chi connectivity index (χ2n) is 13.5. The van der Waals surface area contributed by atoms with E-state index in [1.54, 1.807) is 36.4 Å². The summed E-state index contributed by atoms with van der Waals surface area (Å²) in [7, 11) is -7.65. The zero-order chi connectivity index (χ0) is 38.0. The standard InChI is InChI=1S/2C7H14N2.3C7H8O3S/c2*1-9-3-2-6-4-8-7(6)5-9;3*1-6-2-4-7(5-3-6)11(8,9)10/h2*6-8H,2-5H2,1H3;3*2-5H,1H3,(H,8,9,10)/t2*6-,7-;;;/m11.../s1. The quantitative estimate of drug-likeness (QED) is 0.243. The van der Waals surface area contributed by atoms with Crippen LogP contribution in [-0.4, -0.2) is 114 Å². The summed E-state index contributed by atoms with van der Waals surface area (Å²) in [6.45, 7) is 13.2. The fourth-order valence-electron chi connectivity index (χ4n) is 5.69. The highest BCUT2D eigenvalue weighted by molar-refractivity contribution is 7.86. The Bertz CT molecular complexity index is 1650. The summed E-state index contributed by atoms with van der Waals surface area (Å²) in [6, 6.07) is 19.6. The molecule has 3 aromatic carbocycles. The lowest BCUT2D eigenvalue weighted by Gasteiger charge is -2.45. The number of likely N-dealkylation sites (tertiary alicyclic amines) is 2. The van der Waals surface area contributed by atoms with E-state index in [9.17, 15) is 25.3 Å². The van der Waals surface area contributed by atoms with E-state index in [-0.39, 0.29) is 14.7 Å². The maximum Gasteiger partial charge on any atom is 0.294 e. The third-order valence-corrected chi connectivity index (χ3v) is 11.8. The Kier molecular flexibility index (Phi) is 15.7. The van der Waals surface area contributed by atoms with Gasteiger partial charge >= 0.3 is 0 Å². The molecule has 4 atom stereocenters. The molecule has 0 aliphatic carbocycles. The highest BCUT2D eigenvalue weighted by Crippen LogP contribution is 2.23. The van der Waals surface area contributed by atoms with Gasteiger partial charge in [0, 0.05) is 25.2 Å². The summed E-state index contributed by atoms with van der Waals surface area (Å²) in [5.41, 5.74) is 2.87. The highest BCUT2D eigenvalue weighted by Gasteiger charge is 2.34. The zero-order valence-corrected chi connectivity index (χ0v) is 32.3. The van der Waals surface area contributed by atoms with Gasteiger partial charge in [0.2, 0.25) is 0 Å². The molecular weight excluding hydrogens is 717 g/mol. The van der Waals surface area contributed by atoms with Gasteiger partial charge in [-0.05, 0) is 122 Å². The SMILES string of the molecule is CN1CC[C@@H]2CN[C@@H]2C1.CN1CC[C@@H]2CN[C@@H]2C1.Cc1ccc(S(=O)(=O)O)cc1.Cc1ccc(S(=O)(=O)O)cc1.Cc1ccc(S(=O)(=O)O)cc1. The first-order valence-electron chi connectivity index (χ1n) is 16.7. The van der Waals surface area contributed by atoms with Crippen molar-refractivity contribution in [3.05, 3.63) is 89.5 Å². The van der Waals surface area contributed by atoms with Crippen LogP contribution in [0.25, 0.3) is 0 Å². The van der Waals surface area contributed by atoms with Gasteiger partial charge in [-0.25, -0.2) is 0 Å². The van der Waals surface area contributed by atoms with E-state index in [0.717, 1.165) is 40.6 Å². The summed E-state index contributed by atoms with van der Waals surface area (Å²) >= 11 is 0. The van der Waals surface area contributed by atoms with Crippen molar-refractivity contribution in [1.29, 1.82) is 0 Å². The Morgan fingerprint density at radius 1 is 0.510 bits per heavy atom. The van der Waals surface area contributed by atoms with E-state index in [1.807, 2.05) is 20.8 Å². The summed E-state index contributed by atoms with van der Waals surface area (Å²) in [5.74, 6) is 2.03. The van der Waals surface area contributed by atoms with Crippen LogP contribution in [0.3, 0.4) is 0 Å². The number of nitrogens with one attached hydrogen (secondary N) is 2. The second kappa shape index (κ2) is 18.8. The van der Waals surface area contributed by atoms with Crippen LogP contribution in [0, 0.1) is 32.6 Å². The topological polar surface area (TPSA) is 194 Å². The fourth-order valence-corrected chi connectivity index (χ4v) is 7.13. The number of nitrogens with zero attached hydrogens (tertiary/aromatic N) is 2. The molecule has 284 valence electrons. The lowest BCUT2D eigenvalue weighted by atomic mass is 9.85. The Morgan fingerprint density at radius 3 is 0.922 bits per heavy atom. The molecule has 51 heavy (non-hydrogen) atoms. The molecule has 7 rings (SSSR count). The average Bonchev–Trinajstić information content (AvgIpc) is 3.01. The van der Waals surface area contributed by atoms with Gasteiger partial charge in [0.1, 0.15) is 0 Å². The van der Waals surface area contributed by atoms with Crippen molar-refractivity contribution in [2.24, 2.45) is 11.8 Å². The third-order valence-electron chi connectivity index (χ3n) is 9.16. The van der Waals surface area contributed by atoms with E-state index in [0.29, 0.717) is 0 Å². The second-order valence-corrected chi connectivity index (χ2v) is 17.8. The molecule has 0 radical (unpaired) electrons. The molecule has 0 amide bonds. The van der Waals surface area contributed by atoms with Gasteiger partial charge < -0.3 is 20.4 Å². The first-order chi connectivity index (χ1) is 23.7. The molecule has 3 aromatic rings. The Labute approximate surface area is 303 Å². The molecule has 0 bridgehead atoms. The molecule has 0 unspecified atom stereocenters. The number of fused-ring (bicyclic) bond motifs is 2. The number of aryl methyl sites for hydroxylation is 3. The minimum absolute atomic E-state index is 0.0666. The van der Waals surface area contributed by atoms with Crippen LogP contribution < -0.4 is 10.6 Å². The maximum atomic E-state index is 10.5. The molecule has 0 spiro atoms. The normalized spacial score (nSPS) is 22.8. The highest BCUT2D eigenvalue weighted by atomic mass is 32.2. The van der Waals surface area contributed by atoms with Crippen LogP contribution in [0.4, 0.5) is 0 Å². The Morgan fingerprint density at radius 2 is 0.765 bits per heavy atom. The number of hydrogen-bond donors (Lipinski definition) is 5. The van der Waals surface area contributed by atoms with Crippen LogP contribution in [0.1, 0.15) is 29.5 Å². The monoisotopic (exact) mass is 768 g/mol. The van der Waals surface area contributed by atoms with Crippen molar-refractivity contribution in [2.45, 2.75) is 60.4 Å². The van der Waals surface area contributed by atoms with E-state index in [1.165, 1.54) is 88.5 Å². The maximum absolute atomic E-state index is 10.5. The van der Waals surface area contributed by atoms with Crippen LogP contribution in [0.5, 0.6) is 0 Å². The van der Waals surface area contributed by atoms with Crippen molar-refractivity contribution in [1.82, 2.24) is 20.4 Å². The minimum atomic E-state index is -4.02. The number of piperidine rings is 2. The van der Waals surface area contributed by atoms with Gasteiger partial charge in [-0.15, -0.1) is 0 Å². The molecule has 0 aromatic heterocycles. The first-order valence-corrected chi connectivity index (χ1v) is 21.0. The zero-order valence-electron chi connectivity index (χ0n) is 29.8. The van der Waals surface area contributed by atoms with E-state index in [4.69, 9.17) is 13.7 Å². The molecule has 16 heteroatoms. The molecule has 4 aliphatic rings. The van der Waals surface area contributed by atoms with E-state index >= 15 is 0 Å². The van der Waals surface area contributed by atoms with E-state index in [2.05, 4.69) is 34.5 Å². The first kappa shape index (κ1) is 42.6. The minimum Gasteiger partial charge on any atom is -0.312 e. The molecule has 4 fully saturated rings. The predicted molar refractivity (Wildman–Crippen MR) is 198 cm³/mol. The molecule has 0 saturated carbocycles. The van der Waals surface area contributed by atoms with Crippen LogP contribution in [0.15, 0.2) is 87.5 Å². The largest absolute Gasteiger partial charge is 0.312 e. The molecule has 13 nitrogen and oxygen atoms in total. The van der Waals surface area contributed by atoms with Crippen molar-refractivity contribution < 1.29 is 38.9 Å². The van der Waals surface area contributed by atoms with Crippen LogP contribution in [0.2, 0.25) is 0 Å². The molecule has 4 heterocycles. The third kappa shape index (κ3) is 14.6. The fraction of sp³-hybridized carbons (Fsp3) is 0.486. The predicted octanol–water partition coefficient (Wildman–Crippen LogP) is 3.54. The number of likely N-dealkylation sites (N-methyl/N-ethyl adjacent to an activating group) is 2. The summed E-state index contributed by atoms with van der Waals surface area (Å²) < 4.78 is 88.7. The van der Waals surface area contributed by atoms with Crippen molar-refractivity contribution in [3.63, 3.8) is 0 Å². The summed E-state index contributed by atoms with van der Waals surface area (Å²) in [6.07, 6.45) is 2.82. The summed E-state index contributed by atoms with van der Waals surface area (Å²) in [5, 5.41) is 6.87.